The lowest BCUT2D eigenvalue weighted by atomic mass is 10.2. The Balaban J connectivity index is 1.39. The molecule has 1 aliphatic heterocycles. The molecule has 0 saturated carbocycles. The lowest BCUT2D eigenvalue weighted by molar-refractivity contribution is -0.131. The summed E-state index contributed by atoms with van der Waals surface area (Å²) in [4.78, 5) is 21.7. The molecule has 3 heterocycles. The van der Waals surface area contributed by atoms with Crippen molar-refractivity contribution in [2.24, 2.45) is 0 Å². The minimum absolute atomic E-state index is 0.0418. The number of sulfonamides is 1. The summed E-state index contributed by atoms with van der Waals surface area (Å²) in [7, 11) is -4.33. The zero-order chi connectivity index (χ0) is 22.0. The van der Waals surface area contributed by atoms with Crippen molar-refractivity contribution in [3.05, 3.63) is 65.4 Å². The van der Waals surface area contributed by atoms with Gasteiger partial charge in [-0.2, -0.15) is 4.31 Å². The smallest absolute Gasteiger partial charge is 0.249 e. The molecule has 1 amide bonds. The maximum atomic E-state index is 14.0. The first-order valence-corrected chi connectivity index (χ1v) is 11.7. The van der Waals surface area contributed by atoms with Crippen molar-refractivity contribution in [3.63, 3.8) is 0 Å². The van der Waals surface area contributed by atoms with Crippen LogP contribution >= 0.6 is 11.3 Å². The van der Waals surface area contributed by atoms with Crippen LogP contribution in [0, 0.1) is 11.6 Å². The number of nitrogens with zero attached hydrogens (tertiary/aromatic N) is 4. The van der Waals surface area contributed by atoms with Gasteiger partial charge in [0.05, 0.1) is 12.1 Å². The number of hydrogen-bond donors (Lipinski definition) is 0. The maximum Gasteiger partial charge on any atom is 0.249 e. The van der Waals surface area contributed by atoms with Crippen LogP contribution < -0.4 is 0 Å². The van der Waals surface area contributed by atoms with Crippen LogP contribution in [0.3, 0.4) is 0 Å². The van der Waals surface area contributed by atoms with Crippen molar-refractivity contribution < 1.29 is 22.0 Å². The SMILES string of the molecule is O=C(Cc1csc(-c2cccnc2)n1)N1CCN(S(=O)(=O)c2c(F)cccc2F)CC1. The van der Waals surface area contributed by atoms with Gasteiger partial charge in [-0.1, -0.05) is 6.07 Å². The highest BCUT2D eigenvalue weighted by Crippen LogP contribution is 2.25. The number of hydrogen-bond acceptors (Lipinski definition) is 6. The number of aromatic nitrogens is 2. The summed E-state index contributed by atoms with van der Waals surface area (Å²) in [6.45, 7) is 0.182. The van der Waals surface area contributed by atoms with Gasteiger partial charge in [-0.15, -0.1) is 11.3 Å². The van der Waals surface area contributed by atoms with Crippen LogP contribution in [0.25, 0.3) is 10.6 Å². The molecular weight excluding hydrogens is 446 g/mol. The molecule has 0 unspecified atom stereocenters. The van der Waals surface area contributed by atoms with E-state index in [1.807, 2.05) is 17.5 Å². The van der Waals surface area contributed by atoms with E-state index in [-0.39, 0.29) is 38.5 Å². The van der Waals surface area contributed by atoms with Gasteiger partial charge in [-0.3, -0.25) is 9.78 Å². The summed E-state index contributed by atoms with van der Waals surface area (Å²) in [6, 6.07) is 6.61. The minimum atomic E-state index is -4.33. The normalized spacial score (nSPS) is 15.2. The zero-order valence-electron chi connectivity index (χ0n) is 16.2. The predicted molar refractivity (Wildman–Crippen MR) is 111 cm³/mol. The van der Waals surface area contributed by atoms with Gasteiger partial charge in [0.2, 0.25) is 15.9 Å². The first-order chi connectivity index (χ1) is 14.9. The minimum Gasteiger partial charge on any atom is -0.340 e. The molecule has 1 saturated heterocycles. The van der Waals surface area contributed by atoms with Crippen LogP contribution in [0.15, 0.2) is 53.0 Å². The summed E-state index contributed by atoms with van der Waals surface area (Å²) in [5.74, 6) is -2.45. The van der Waals surface area contributed by atoms with Crippen molar-refractivity contribution in [2.45, 2.75) is 11.3 Å². The van der Waals surface area contributed by atoms with Crippen LogP contribution in [0.1, 0.15) is 5.69 Å². The molecule has 0 bridgehead atoms. The van der Waals surface area contributed by atoms with Crippen molar-refractivity contribution >= 4 is 27.3 Å². The van der Waals surface area contributed by atoms with E-state index in [9.17, 15) is 22.0 Å². The third-order valence-corrected chi connectivity index (χ3v) is 7.79. The Morgan fingerprint density at radius 2 is 1.77 bits per heavy atom. The molecule has 4 rings (SSSR count). The largest absolute Gasteiger partial charge is 0.340 e. The molecule has 11 heteroatoms. The summed E-state index contributed by atoms with van der Waals surface area (Å²) >= 11 is 1.41. The zero-order valence-corrected chi connectivity index (χ0v) is 17.9. The number of thiazole rings is 1. The quantitative estimate of drug-likeness (QED) is 0.580. The van der Waals surface area contributed by atoms with Crippen LogP contribution in [0.2, 0.25) is 0 Å². The van der Waals surface area contributed by atoms with E-state index in [1.165, 1.54) is 16.2 Å². The van der Waals surface area contributed by atoms with E-state index in [2.05, 4.69) is 9.97 Å². The Labute approximate surface area is 182 Å². The monoisotopic (exact) mass is 464 g/mol. The third kappa shape index (κ3) is 4.48. The van der Waals surface area contributed by atoms with Gasteiger partial charge in [-0.05, 0) is 24.3 Å². The average Bonchev–Trinajstić information content (AvgIpc) is 3.22. The number of carbonyl (C=O) groups excluding carboxylic acids is 1. The molecule has 1 fully saturated rings. The number of halogens is 2. The van der Waals surface area contributed by atoms with E-state index in [0.717, 1.165) is 33.1 Å². The van der Waals surface area contributed by atoms with Gasteiger partial charge in [0.15, 0.2) is 4.90 Å². The van der Waals surface area contributed by atoms with Crippen molar-refractivity contribution in [3.8, 4) is 10.6 Å². The van der Waals surface area contributed by atoms with E-state index < -0.39 is 26.6 Å². The Morgan fingerprint density at radius 3 is 2.42 bits per heavy atom. The van der Waals surface area contributed by atoms with E-state index in [0.29, 0.717) is 5.69 Å². The molecule has 162 valence electrons. The summed E-state index contributed by atoms with van der Waals surface area (Å²) in [6.07, 6.45) is 3.45. The molecule has 1 aliphatic rings. The van der Waals surface area contributed by atoms with Gasteiger partial charge >= 0.3 is 0 Å². The lowest BCUT2D eigenvalue weighted by Crippen LogP contribution is -2.51. The van der Waals surface area contributed by atoms with Crippen LogP contribution in [0.4, 0.5) is 8.78 Å². The molecule has 0 N–H and O–H groups in total. The van der Waals surface area contributed by atoms with Gasteiger partial charge < -0.3 is 4.90 Å². The third-order valence-electron chi connectivity index (χ3n) is 4.90. The molecule has 0 radical (unpaired) electrons. The van der Waals surface area contributed by atoms with Gasteiger partial charge in [0.25, 0.3) is 0 Å². The summed E-state index contributed by atoms with van der Waals surface area (Å²) in [5, 5.41) is 2.57. The second-order valence-corrected chi connectivity index (χ2v) is 9.63. The maximum absolute atomic E-state index is 14.0. The first-order valence-electron chi connectivity index (χ1n) is 9.43. The molecule has 2 aromatic heterocycles. The molecule has 0 atom stereocenters. The van der Waals surface area contributed by atoms with Crippen molar-refractivity contribution in [2.75, 3.05) is 26.2 Å². The number of benzene rings is 1. The Bertz CT molecular complexity index is 1170. The van der Waals surface area contributed by atoms with Gasteiger partial charge in [-0.25, -0.2) is 22.2 Å². The van der Waals surface area contributed by atoms with Crippen molar-refractivity contribution in [1.29, 1.82) is 0 Å². The number of pyridine rings is 1. The molecule has 0 spiro atoms. The topological polar surface area (TPSA) is 83.5 Å². The summed E-state index contributed by atoms with van der Waals surface area (Å²) in [5.41, 5.74) is 1.49. The number of piperazine rings is 1. The fraction of sp³-hybridized carbons (Fsp3) is 0.250. The molecule has 0 aliphatic carbocycles. The fourth-order valence-corrected chi connectivity index (χ4v) is 5.65. The molecule has 3 aromatic rings. The molecule has 1 aromatic carbocycles. The number of rotatable bonds is 5. The van der Waals surface area contributed by atoms with Crippen molar-refractivity contribution in [1.82, 2.24) is 19.2 Å². The lowest BCUT2D eigenvalue weighted by Gasteiger charge is -2.34. The van der Waals surface area contributed by atoms with E-state index in [4.69, 9.17) is 0 Å². The van der Waals surface area contributed by atoms with Crippen LogP contribution in [-0.4, -0.2) is 59.7 Å². The Hall–Kier alpha value is -2.76. The van der Waals surface area contributed by atoms with Gasteiger partial charge in [0, 0.05) is 49.5 Å². The standard InChI is InChI=1S/C20H18F2N4O3S2/c21-16-4-1-5-17(22)19(16)31(28,29)26-9-7-25(8-10-26)18(27)11-15-13-30-20(24-15)14-3-2-6-23-12-14/h1-6,12-13H,7-11H2. The second-order valence-electron chi connectivity index (χ2n) is 6.90. The van der Waals surface area contributed by atoms with Crippen LogP contribution in [-0.2, 0) is 21.2 Å². The summed E-state index contributed by atoms with van der Waals surface area (Å²) < 4.78 is 54.2. The highest BCUT2D eigenvalue weighted by atomic mass is 32.2. The molecular formula is C20H18F2N4O3S2. The molecule has 7 nitrogen and oxygen atoms in total. The Morgan fingerprint density at radius 1 is 1.06 bits per heavy atom. The fourth-order valence-electron chi connectivity index (χ4n) is 3.31. The highest BCUT2D eigenvalue weighted by Gasteiger charge is 2.34. The molecule has 31 heavy (non-hydrogen) atoms. The predicted octanol–water partition coefficient (Wildman–Crippen LogP) is 2.56. The van der Waals surface area contributed by atoms with Gasteiger partial charge in [0.1, 0.15) is 16.6 Å². The second kappa shape index (κ2) is 8.77. The van der Waals surface area contributed by atoms with E-state index in [1.54, 1.807) is 12.4 Å². The first kappa shape index (κ1) is 21.5. The van der Waals surface area contributed by atoms with Crippen LogP contribution in [0.5, 0.6) is 0 Å². The average molecular weight is 465 g/mol. The highest BCUT2D eigenvalue weighted by molar-refractivity contribution is 7.89. The van der Waals surface area contributed by atoms with E-state index >= 15 is 0 Å². The Kier molecular flexibility index (Phi) is 6.08. The number of carbonyl (C=O) groups is 1. The number of amides is 1.